The molecule has 1 amide bonds. The number of carbonyl (C=O) groups is 1. The second kappa shape index (κ2) is 7.00. The number of anilines is 1. The smallest absolute Gasteiger partial charge is 0.274 e. The molecule has 2 aromatic rings. The lowest BCUT2D eigenvalue weighted by atomic mass is 10.1. The Bertz CT molecular complexity index is 746. The molecular formula is C17H19N3O3S. The third kappa shape index (κ3) is 3.26. The average molecular weight is 345 g/mol. The van der Waals surface area contributed by atoms with Crippen molar-refractivity contribution in [2.75, 3.05) is 18.4 Å². The second-order valence-electron chi connectivity index (χ2n) is 5.82. The molecule has 1 aromatic heterocycles. The topological polar surface area (TPSA) is 75.5 Å². The van der Waals surface area contributed by atoms with Gasteiger partial charge in [-0.1, -0.05) is 12.1 Å². The first-order valence-corrected chi connectivity index (χ1v) is 8.76. The molecule has 24 heavy (non-hydrogen) atoms. The molecule has 0 aliphatic carbocycles. The van der Waals surface area contributed by atoms with E-state index in [9.17, 15) is 14.9 Å². The molecule has 0 bridgehead atoms. The minimum atomic E-state index is -0.407. The number of rotatable bonds is 5. The first-order chi connectivity index (χ1) is 11.6. The lowest BCUT2D eigenvalue weighted by molar-refractivity contribution is -0.385. The van der Waals surface area contributed by atoms with Crippen LogP contribution >= 0.6 is 11.3 Å². The summed E-state index contributed by atoms with van der Waals surface area (Å²) < 4.78 is 0. The first-order valence-electron chi connectivity index (χ1n) is 7.88. The van der Waals surface area contributed by atoms with E-state index in [1.807, 2.05) is 16.3 Å². The highest BCUT2D eigenvalue weighted by Crippen LogP contribution is 2.34. The van der Waals surface area contributed by atoms with Crippen LogP contribution in [-0.4, -0.2) is 28.8 Å². The van der Waals surface area contributed by atoms with Crippen LogP contribution in [0.1, 0.15) is 29.3 Å². The van der Waals surface area contributed by atoms with Crippen LogP contribution in [0.25, 0.3) is 0 Å². The average Bonchev–Trinajstić information content (AvgIpc) is 3.23. The molecule has 1 aliphatic rings. The van der Waals surface area contributed by atoms with Gasteiger partial charge in [-0.25, -0.2) is 0 Å². The summed E-state index contributed by atoms with van der Waals surface area (Å²) in [7, 11) is 0. The third-order valence-electron chi connectivity index (χ3n) is 4.38. The molecule has 7 heteroatoms. The van der Waals surface area contributed by atoms with E-state index in [4.69, 9.17) is 0 Å². The first kappa shape index (κ1) is 16.4. The van der Waals surface area contributed by atoms with Gasteiger partial charge in [-0.05, 0) is 37.3 Å². The molecule has 1 atom stereocenters. The number of amides is 1. The van der Waals surface area contributed by atoms with Crippen LogP contribution < -0.4 is 5.32 Å². The number of nitrogens with zero attached hydrogens (tertiary/aromatic N) is 2. The van der Waals surface area contributed by atoms with Gasteiger partial charge in [0.2, 0.25) is 5.91 Å². The number of hydrogen-bond acceptors (Lipinski definition) is 5. The summed E-state index contributed by atoms with van der Waals surface area (Å²) in [5.41, 5.74) is 1.24. The van der Waals surface area contributed by atoms with E-state index in [0.29, 0.717) is 11.3 Å². The van der Waals surface area contributed by atoms with Crippen LogP contribution in [0.2, 0.25) is 0 Å². The molecule has 1 aliphatic heterocycles. The van der Waals surface area contributed by atoms with Gasteiger partial charge < -0.3 is 10.2 Å². The SMILES string of the molecule is Cc1c(NCC(=O)N2CCCC2c2cccs2)cccc1[N+](=O)[O-]. The van der Waals surface area contributed by atoms with Crippen molar-refractivity contribution in [3.63, 3.8) is 0 Å². The number of nitro groups is 1. The van der Waals surface area contributed by atoms with Gasteiger partial charge >= 0.3 is 0 Å². The molecule has 1 unspecified atom stereocenters. The minimum absolute atomic E-state index is 0.0248. The maximum absolute atomic E-state index is 12.6. The van der Waals surface area contributed by atoms with E-state index in [-0.39, 0.29) is 24.2 Å². The van der Waals surface area contributed by atoms with Crippen LogP contribution in [0.4, 0.5) is 11.4 Å². The van der Waals surface area contributed by atoms with Crippen molar-refractivity contribution >= 4 is 28.6 Å². The number of carbonyl (C=O) groups excluding carboxylic acids is 1. The van der Waals surface area contributed by atoms with Gasteiger partial charge in [-0.2, -0.15) is 0 Å². The molecule has 0 spiro atoms. The number of thiophene rings is 1. The van der Waals surface area contributed by atoms with Crippen molar-refractivity contribution in [3.8, 4) is 0 Å². The molecule has 6 nitrogen and oxygen atoms in total. The Morgan fingerprint density at radius 2 is 2.25 bits per heavy atom. The summed E-state index contributed by atoms with van der Waals surface area (Å²) in [6.45, 7) is 2.59. The summed E-state index contributed by atoms with van der Waals surface area (Å²) >= 11 is 1.67. The zero-order valence-corrected chi connectivity index (χ0v) is 14.2. The number of likely N-dealkylation sites (tertiary alicyclic amines) is 1. The Morgan fingerprint density at radius 1 is 1.42 bits per heavy atom. The fourth-order valence-corrected chi connectivity index (χ4v) is 4.00. The summed E-state index contributed by atoms with van der Waals surface area (Å²) in [6.07, 6.45) is 1.99. The standard InChI is InChI=1S/C17H19N3O3S/c1-12-13(5-2-6-14(12)20(22)23)18-11-17(21)19-9-3-7-15(19)16-8-4-10-24-16/h2,4-6,8,10,15,18H,3,7,9,11H2,1H3. The van der Waals surface area contributed by atoms with Gasteiger partial charge in [-0.15, -0.1) is 11.3 Å². The number of hydrogen-bond donors (Lipinski definition) is 1. The van der Waals surface area contributed by atoms with E-state index in [1.165, 1.54) is 10.9 Å². The quantitative estimate of drug-likeness (QED) is 0.661. The van der Waals surface area contributed by atoms with Gasteiger partial charge in [0.05, 0.1) is 17.5 Å². The molecule has 1 aromatic carbocycles. The molecule has 126 valence electrons. The predicted octanol–water partition coefficient (Wildman–Crippen LogP) is 3.74. The van der Waals surface area contributed by atoms with Crippen LogP contribution in [0.5, 0.6) is 0 Å². The summed E-state index contributed by atoms with van der Waals surface area (Å²) in [5.74, 6) is 0.0248. The Kier molecular flexibility index (Phi) is 4.80. The summed E-state index contributed by atoms with van der Waals surface area (Å²) in [4.78, 5) is 26.3. The van der Waals surface area contributed by atoms with Crippen molar-refractivity contribution in [3.05, 3.63) is 56.3 Å². The molecule has 3 rings (SSSR count). The van der Waals surface area contributed by atoms with Gasteiger partial charge in [0.25, 0.3) is 5.69 Å². The highest BCUT2D eigenvalue weighted by atomic mass is 32.1. The van der Waals surface area contributed by atoms with Crippen molar-refractivity contribution in [1.29, 1.82) is 0 Å². The summed E-state index contributed by atoms with van der Waals surface area (Å²) in [5, 5.41) is 16.1. The maximum Gasteiger partial charge on any atom is 0.274 e. The molecule has 1 N–H and O–H groups in total. The Labute approximate surface area is 144 Å². The molecule has 1 fully saturated rings. The van der Waals surface area contributed by atoms with Crippen LogP contribution in [0, 0.1) is 17.0 Å². The van der Waals surface area contributed by atoms with Crippen LogP contribution in [-0.2, 0) is 4.79 Å². The molecule has 0 radical (unpaired) electrons. The zero-order chi connectivity index (χ0) is 17.1. The lowest BCUT2D eigenvalue weighted by Gasteiger charge is -2.24. The molecule has 1 saturated heterocycles. The van der Waals surface area contributed by atoms with E-state index in [0.717, 1.165) is 19.4 Å². The van der Waals surface area contributed by atoms with Gasteiger partial charge in [-0.3, -0.25) is 14.9 Å². The van der Waals surface area contributed by atoms with Crippen LogP contribution in [0.3, 0.4) is 0 Å². The number of benzene rings is 1. The van der Waals surface area contributed by atoms with E-state index in [1.54, 1.807) is 30.4 Å². The Morgan fingerprint density at radius 3 is 2.96 bits per heavy atom. The second-order valence-corrected chi connectivity index (χ2v) is 6.80. The van der Waals surface area contributed by atoms with E-state index >= 15 is 0 Å². The fourth-order valence-electron chi connectivity index (χ4n) is 3.13. The molecular weight excluding hydrogens is 326 g/mol. The normalized spacial score (nSPS) is 17.0. The van der Waals surface area contributed by atoms with Crippen molar-refractivity contribution < 1.29 is 9.72 Å². The molecule has 2 heterocycles. The van der Waals surface area contributed by atoms with Crippen molar-refractivity contribution in [2.45, 2.75) is 25.8 Å². The predicted molar refractivity (Wildman–Crippen MR) is 94.3 cm³/mol. The van der Waals surface area contributed by atoms with Gasteiger partial charge in [0, 0.05) is 28.7 Å². The zero-order valence-electron chi connectivity index (χ0n) is 13.4. The Balaban J connectivity index is 1.68. The lowest BCUT2D eigenvalue weighted by Crippen LogP contribution is -2.34. The van der Waals surface area contributed by atoms with Crippen LogP contribution in [0.15, 0.2) is 35.7 Å². The van der Waals surface area contributed by atoms with E-state index < -0.39 is 4.92 Å². The van der Waals surface area contributed by atoms with Crippen molar-refractivity contribution in [1.82, 2.24) is 4.90 Å². The highest BCUT2D eigenvalue weighted by Gasteiger charge is 2.30. The summed E-state index contributed by atoms with van der Waals surface area (Å²) in [6, 6.07) is 9.09. The number of nitrogens with one attached hydrogen (secondary N) is 1. The third-order valence-corrected chi connectivity index (χ3v) is 5.35. The van der Waals surface area contributed by atoms with Crippen molar-refractivity contribution in [2.24, 2.45) is 0 Å². The largest absolute Gasteiger partial charge is 0.376 e. The number of nitro benzene ring substituents is 1. The minimum Gasteiger partial charge on any atom is -0.376 e. The van der Waals surface area contributed by atoms with Gasteiger partial charge in [0.15, 0.2) is 0 Å². The van der Waals surface area contributed by atoms with Gasteiger partial charge in [0.1, 0.15) is 0 Å². The highest BCUT2D eigenvalue weighted by molar-refractivity contribution is 7.10. The fraction of sp³-hybridized carbons (Fsp3) is 0.353. The maximum atomic E-state index is 12.6. The molecule has 0 saturated carbocycles. The van der Waals surface area contributed by atoms with E-state index in [2.05, 4.69) is 11.4 Å². The Hall–Kier alpha value is -2.41. The monoisotopic (exact) mass is 345 g/mol.